The van der Waals surface area contributed by atoms with Crippen LogP contribution in [0.2, 0.25) is 5.02 Å². The molecule has 6 rings (SSSR count). The lowest BCUT2D eigenvalue weighted by Crippen LogP contribution is -2.45. The summed E-state index contributed by atoms with van der Waals surface area (Å²) in [6, 6.07) is 6.23. The number of aryl methyl sites for hydroxylation is 1. The third-order valence-electron chi connectivity index (χ3n) is 8.10. The SMILES string of the molecule is Cc1cc(Cl)cc(-c2ncnn3cc(CN4C(=O)C5C(C4=O)C5(C)C)cc23)c1CC1CN[C@H](C)CO1.Cl. The minimum Gasteiger partial charge on any atom is -0.375 e. The highest BCUT2D eigenvalue weighted by molar-refractivity contribution is 6.31. The molecule has 8 nitrogen and oxygen atoms in total. The topological polar surface area (TPSA) is 88.8 Å². The first-order chi connectivity index (χ1) is 17.1. The molecule has 4 heterocycles. The van der Waals surface area contributed by atoms with Gasteiger partial charge in [-0.15, -0.1) is 12.4 Å². The number of likely N-dealkylation sites (tertiary alicyclic amines) is 1. The quantitative estimate of drug-likeness (QED) is 0.492. The van der Waals surface area contributed by atoms with Gasteiger partial charge in [-0.1, -0.05) is 25.4 Å². The van der Waals surface area contributed by atoms with E-state index in [1.165, 1.54) is 11.2 Å². The van der Waals surface area contributed by atoms with E-state index in [2.05, 4.69) is 29.2 Å². The molecule has 37 heavy (non-hydrogen) atoms. The van der Waals surface area contributed by atoms with Crippen molar-refractivity contribution in [3.05, 3.63) is 52.4 Å². The molecule has 2 aromatic heterocycles. The molecule has 3 aliphatic rings. The van der Waals surface area contributed by atoms with Crippen LogP contribution in [0.5, 0.6) is 0 Å². The number of benzene rings is 1. The monoisotopic (exact) mass is 543 g/mol. The maximum Gasteiger partial charge on any atom is 0.233 e. The van der Waals surface area contributed by atoms with E-state index in [0.717, 1.165) is 46.4 Å². The molecule has 3 unspecified atom stereocenters. The number of nitrogens with zero attached hydrogens (tertiary/aromatic N) is 4. The van der Waals surface area contributed by atoms with Crippen molar-refractivity contribution in [1.82, 2.24) is 24.8 Å². The zero-order valence-electron chi connectivity index (χ0n) is 21.3. The molecule has 0 spiro atoms. The van der Waals surface area contributed by atoms with Crippen LogP contribution in [-0.2, 0) is 27.3 Å². The maximum absolute atomic E-state index is 12.8. The molecule has 4 atom stereocenters. The molecular weight excluding hydrogens is 513 g/mol. The summed E-state index contributed by atoms with van der Waals surface area (Å²) in [7, 11) is 0. The van der Waals surface area contributed by atoms with Gasteiger partial charge in [0, 0.05) is 35.8 Å². The number of hydrogen-bond donors (Lipinski definition) is 1. The van der Waals surface area contributed by atoms with Gasteiger partial charge in [-0.3, -0.25) is 14.5 Å². The Bertz CT molecular complexity index is 1370. The molecule has 2 amide bonds. The molecule has 1 aliphatic carbocycles. The van der Waals surface area contributed by atoms with Crippen molar-refractivity contribution in [1.29, 1.82) is 0 Å². The number of piperidine rings is 1. The normalized spacial score (nSPS) is 26.4. The summed E-state index contributed by atoms with van der Waals surface area (Å²) >= 11 is 6.50. The summed E-state index contributed by atoms with van der Waals surface area (Å²) in [5, 5.41) is 8.52. The third kappa shape index (κ3) is 4.34. The van der Waals surface area contributed by atoms with Gasteiger partial charge in [-0.2, -0.15) is 5.10 Å². The lowest BCUT2D eigenvalue weighted by atomic mass is 9.93. The number of fused-ring (bicyclic) bond motifs is 2. The fourth-order valence-electron chi connectivity index (χ4n) is 5.96. The number of carbonyl (C=O) groups excluding carboxylic acids is 2. The number of hydrogen-bond acceptors (Lipinski definition) is 6. The number of carbonyl (C=O) groups is 2. The minimum absolute atomic E-state index is 0. The number of imide groups is 1. The average Bonchev–Trinajstić information content (AvgIpc) is 3.08. The van der Waals surface area contributed by atoms with Crippen LogP contribution in [0.1, 0.15) is 37.5 Å². The van der Waals surface area contributed by atoms with Gasteiger partial charge in [0.25, 0.3) is 0 Å². The number of amides is 2. The minimum atomic E-state index is -0.217. The van der Waals surface area contributed by atoms with E-state index < -0.39 is 0 Å². The molecule has 3 fully saturated rings. The summed E-state index contributed by atoms with van der Waals surface area (Å²) in [5.74, 6) is -0.512. The lowest BCUT2D eigenvalue weighted by Gasteiger charge is -2.29. The second kappa shape index (κ2) is 9.34. The molecule has 1 aromatic carbocycles. The van der Waals surface area contributed by atoms with Crippen molar-refractivity contribution in [2.75, 3.05) is 13.2 Å². The van der Waals surface area contributed by atoms with E-state index in [4.69, 9.17) is 16.3 Å². The van der Waals surface area contributed by atoms with E-state index in [-0.39, 0.29) is 54.1 Å². The van der Waals surface area contributed by atoms with Crippen molar-refractivity contribution in [3.63, 3.8) is 0 Å². The van der Waals surface area contributed by atoms with Crippen LogP contribution in [0.3, 0.4) is 0 Å². The van der Waals surface area contributed by atoms with E-state index >= 15 is 0 Å². The number of nitrogens with one attached hydrogen (secondary N) is 1. The Morgan fingerprint density at radius 1 is 1.19 bits per heavy atom. The standard InChI is InChI=1S/C27H30ClN5O3.ClH/c1-14-5-17(28)7-20(19(14)8-18-9-29-15(2)12-36-18)24-21-6-16(11-33(21)31-13-30-24)10-32-25(34)22-23(26(32)35)27(22,3)4;/h5-7,11,13,15,18,22-23,29H,8-10,12H2,1-4H3;1H/t15-,18?,22?,23?;/m1./s1. The molecule has 3 aromatic rings. The number of halogens is 2. The van der Waals surface area contributed by atoms with Gasteiger partial charge in [-0.05, 0) is 54.2 Å². The molecule has 0 radical (unpaired) electrons. The van der Waals surface area contributed by atoms with Gasteiger partial charge in [0.05, 0.1) is 42.3 Å². The molecule has 196 valence electrons. The first kappa shape index (κ1) is 26.1. The van der Waals surface area contributed by atoms with Crippen LogP contribution < -0.4 is 5.32 Å². The highest BCUT2D eigenvalue weighted by atomic mass is 35.5. The smallest absolute Gasteiger partial charge is 0.233 e. The summed E-state index contributed by atoms with van der Waals surface area (Å²) in [6.07, 6.45) is 4.18. The summed E-state index contributed by atoms with van der Waals surface area (Å²) in [5.41, 5.74) is 5.34. The predicted molar refractivity (Wildman–Crippen MR) is 143 cm³/mol. The highest BCUT2D eigenvalue weighted by Crippen LogP contribution is 2.63. The number of ether oxygens (including phenoxy) is 1. The second-order valence-corrected chi connectivity index (χ2v) is 11.5. The molecule has 2 saturated heterocycles. The van der Waals surface area contributed by atoms with Crippen molar-refractivity contribution in [2.45, 2.75) is 52.8 Å². The van der Waals surface area contributed by atoms with Gasteiger partial charge in [0.15, 0.2) is 0 Å². The number of aromatic nitrogens is 3. The third-order valence-corrected chi connectivity index (χ3v) is 8.31. The van der Waals surface area contributed by atoms with Gasteiger partial charge in [0.2, 0.25) is 11.8 Å². The van der Waals surface area contributed by atoms with Crippen LogP contribution in [-0.4, -0.2) is 56.6 Å². The van der Waals surface area contributed by atoms with Crippen LogP contribution in [0.15, 0.2) is 30.7 Å². The summed E-state index contributed by atoms with van der Waals surface area (Å²) in [4.78, 5) is 31.7. The Labute approximate surface area is 227 Å². The van der Waals surface area contributed by atoms with Crippen LogP contribution in [0.25, 0.3) is 16.8 Å². The van der Waals surface area contributed by atoms with Crippen molar-refractivity contribution in [3.8, 4) is 11.3 Å². The Hall–Kier alpha value is -2.52. The van der Waals surface area contributed by atoms with Crippen molar-refractivity contribution >= 4 is 41.3 Å². The number of rotatable bonds is 5. The average molecular weight is 544 g/mol. The van der Waals surface area contributed by atoms with Crippen LogP contribution in [0, 0.1) is 24.2 Å². The fraction of sp³-hybridized carbons (Fsp3) is 0.481. The zero-order chi connectivity index (χ0) is 25.4. The van der Waals surface area contributed by atoms with E-state index in [9.17, 15) is 9.59 Å². The van der Waals surface area contributed by atoms with E-state index in [1.807, 2.05) is 38.2 Å². The summed E-state index contributed by atoms with van der Waals surface area (Å²) in [6.45, 7) is 9.86. The van der Waals surface area contributed by atoms with Crippen LogP contribution >= 0.6 is 24.0 Å². The maximum atomic E-state index is 12.8. The Morgan fingerprint density at radius 2 is 1.92 bits per heavy atom. The van der Waals surface area contributed by atoms with Crippen molar-refractivity contribution < 1.29 is 14.3 Å². The van der Waals surface area contributed by atoms with Gasteiger partial charge in [-0.25, -0.2) is 9.50 Å². The van der Waals surface area contributed by atoms with Crippen LogP contribution in [0.4, 0.5) is 0 Å². The highest BCUT2D eigenvalue weighted by Gasteiger charge is 2.72. The fourth-order valence-corrected chi connectivity index (χ4v) is 6.24. The molecule has 2 aliphatic heterocycles. The zero-order valence-corrected chi connectivity index (χ0v) is 22.9. The Morgan fingerprint density at radius 3 is 2.59 bits per heavy atom. The van der Waals surface area contributed by atoms with E-state index in [0.29, 0.717) is 17.7 Å². The van der Waals surface area contributed by atoms with Gasteiger partial charge in [0.1, 0.15) is 6.33 Å². The number of morpholine rings is 1. The second-order valence-electron chi connectivity index (χ2n) is 11.0. The van der Waals surface area contributed by atoms with E-state index in [1.54, 1.807) is 4.52 Å². The largest absolute Gasteiger partial charge is 0.375 e. The van der Waals surface area contributed by atoms with Crippen molar-refractivity contribution in [2.24, 2.45) is 17.3 Å². The molecule has 1 N–H and O–H groups in total. The first-order valence-corrected chi connectivity index (χ1v) is 12.8. The summed E-state index contributed by atoms with van der Waals surface area (Å²) < 4.78 is 7.84. The molecule has 10 heteroatoms. The van der Waals surface area contributed by atoms with Gasteiger partial charge < -0.3 is 10.1 Å². The molecular formula is C27H31Cl2N5O3. The van der Waals surface area contributed by atoms with Gasteiger partial charge >= 0.3 is 0 Å². The lowest BCUT2D eigenvalue weighted by molar-refractivity contribution is -0.143. The molecule has 0 bridgehead atoms. The Balaban J connectivity index is 0.00000280. The predicted octanol–water partition coefficient (Wildman–Crippen LogP) is 3.84. The first-order valence-electron chi connectivity index (χ1n) is 12.5. The Kier molecular flexibility index (Phi) is 6.59. The molecule has 1 saturated carbocycles.